The van der Waals surface area contributed by atoms with Crippen molar-refractivity contribution in [2.45, 2.75) is 176 Å². The van der Waals surface area contributed by atoms with E-state index in [9.17, 15) is 34.8 Å². The van der Waals surface area contributed by atoms with Gasteiger partial charge in [0.15, 0.2) is 6.29 Å². The number of rotatable bonds is 13. The summed E-state index contributed by atoms with van der Waals surface area (Å²) in [6, 6.07) is 0. The van der Waals surface area contributed by atoms with E-state index in [1.165, 1.54) is 7.11 Å². The molecule has 0 aromatic rings. The standard InChI is InChI=1S/C40H62O15/c1-23-11-5-6-12-30-24(2)18-31(54-30)29(43)22-32-37(45)40(47,39(46)55-32)33(44)21-28-20-27(19-26(17-23)52-28)53-38-36(48-4)35(50-16-10-8-14-42)34(25(3)51-38)49-15-9-7-13-41/h5-6,11-14,23-38,43-45,47H,7-10,15-22H2,1-4H3/b11-5+,12-6-/t23-,24-,25-,26+,27-,28+,29-,30-,31-,32-,33-,34-,35+,36+,37+,38-,40+/m0/s1. The number of carbonyl (C=O) groups excluding carboxylic acids is 3. The van der Waals surface area contributed by atoms with Gasteiger partial charge in [-0.1, -0.05) is 38.2 Å². The molecular formula is C40H62O15. The number of fused-ring (bicyclic) bond motifs is 6. The molecule has 5 aliphatic heterocycles. The Kier molecular flexibility index (Phi) is 16.4. The molecule has 0 aromatic heterocycles. The fourth-order valence-corrected chi connectivity index (χ4v) is 8.52. The first-order valence-corrected chi connectivity index (χ1v) is 20.0. The molecular weight excluding hydrogens is 720 g/mol. The Balaban J connectivity index is 1.36. The molecule has 4 N–H and O–H groups in total. The van der Waals surface area contributed by atoms with E-state index >= 15 is 0 Å². The molecule has 17 atom stereocenters. The Hall–Kier alpha value is -2.15. The van der Waals surface area contributed by atoms with E-state index in [4.69, 9.17) is 37.9 Å². The first kappa shape index (κ1) is 44.0. The fourth-order valence-electron chi connectivity index (χ4n) is 8.52. The zero-order valence-electron chi connectivity index (χ0n) is 32.5. The summed E-state index contributed by atoms with van der Waals surface area (Å²) >= 11 is 0. The monoisotopic (exact) mass is 782 g/mol. The summed E-state index contributed by atoms with van der Waals surface area (Å²) in [5.74, 6) is -1.00. The number of aliphatic hydroxyl groups excluding tert-OH is 3. The average molecular weight is 783 g/mol. The molecule has 4 fully saturated rings. The van der Waals surface area contributed by atoms with Crippen molar-refractivity contribution < 1.29 is 72.7 Å². The molecule has 0 radical (unpaired) electrons. The highest BCUT2D eigenvalue weighted by Crippen LogP contribution is 2.39. The van der Waals surface area contributed by atoms with Crippen LogP contribution in [0.4, 0.5) is 0 Å². The molecule has 0 amide bonds. The molecule has 4 saturated heterocycles. The molecule has 312 valence electrons. The number of methoxy groups -OCH3 is 1. The third-order valence-corrected chi connectivity index (χ3v) is 11.6. The molecule has 0 saturated carbocycles. The molecule has 0 spiro atoms. The number of ether oxygens (including phenoxy) is 8. The van der Waals surface area contributed by atoms with Crippen molar-refractivity contribution in [2.24, 2.45) is 11.8 Å². The maximum atomic E-state index is 13.1. The molecule has 6 bridgehead atoms. The SMILES string of the molecule is CO[C@H]1[C@H](O[C@@H]2C[C@@H]3C[C@H](O)[C@]4(O)C(=O)O[C@@H](C[C@H](O)[C@@H]5C[C@H](C)[C@H](/C=C\C=C\[C@H](C)C[C@H](C2)O3)O5)[C@H]4O)O[C@@H](C)[C@H](OCCCC=O)[C@H]1OCCCC=O. The summed E-state index contributed by atoms with van der Waals surface area (Å²) in [5, 5.41) is 45.3. The number of hydrogen-bond acceptors (Lipinski definition) is 15. The van der Waals surface area contributed by atoms with E-state index in [2.05, 4.69) is 13.0 Å². The lowest BCUT2D eigenvalue weighted by Crippen LogP contribution is -2.61. The van der Waals surface area contributed by atoms with Crippen LogP contribution in [0.5, 0.6) is 0 Å². The molecule has 5 aliphatic rings. The van der Waals surface area contributed by atoms with Crippen molar-refractivity contribution in [2.75, 3.05) is 20.3 Å². The van der Waals surface area contributed by atoms with Gasteiger partial charge in [0.2, 0.25) is 5.60 Å². The second-order valence-corrected chi connectivity index (χ2v) is 15.9. The van der Waals surface area contributed by atoms with Gasteiger partial charge in [-0.25, -0.2) is 4.79 Å². The summed E-state index contributed by atoms with van der Waals surface area (Å²) in [5.41, 5.74) is -2.65. The van der Waals surface area contributed by atoms with Crippen LogP contribution in [0.1, 0.15) is 85.0 Å². The Bertz CT molecular complexity index is 1290. The van der Waals surface area contributed by atoms with E-state index in [1.54, 1.807) is 0 Å². The van der Waals surface area contributed by atoms with Crippen LogP contribution in [0.15, 0.2) is 24.3 Å². The van der Waals surface area contributed by atoms with Gasteiger partial charge >= 0.3 is 5.97 Å². The first-order chi connectivity index (χ1) is 26.4. The highest BCUT2D eigenvalue weighted by Gasteiger charge is 2.61. The van der Waals surface area contributed by atoms with Gasteiger partial charge in [0, 0.05) is 58.8 Å². The third kappa shape index (κ3) is 10.9. The Morgan fingerprint density at radius 3 is 2.13 bits per heavy atom. The van der Waals surface area contributed by atoms with Crippen molar-refractivity contribution in [3.63, 3.8) is 0 Å². The quantitative estimate of drug-likeness (QED) is 0.120. The largest absolute Gasteiger partial charge is 0.457 e. The van der Waals surface area contributed by atoms with Crippen molar-refractivity contribution >= 4 is 18.5 Å². The van der Waals surface area contributed by atoms with E-state index in [0.717, 1.165) is 12.6 Å². The van der Waals surface area contributed by atoms with Gasteiger partial charge in [0.05, 0.1) is 48.8 Å². The Morgan fingerprint density at radius 1 is 0.800 bits per heavy atom. The maximum Gasteiger partial charge on any atom is 0.344 e. The number of allylic oxidation sites excluding steroid dienone is 3. The van der Waals surface area contributed by atoms with E-state index < -0.39 is 85.0 Å². The zero-order chi connectivity index (χ0) is 39.7. The molecule has 5 rings (SSSR count). The topological polar surface area (TPSA) is 206 Å². The summed E-state index contributed by atoms with van der Waals surface area (Å²) in [6.07, 6.45) is 1.20. The molecule has 0 aromatic carbocycles. The zero-order valence-corrected chi connectivity index (χ0v) is 32.5. The molecule has 15 heteroatoms. The van der Waals surface area contributed by atoms with E-state index in [0.29, 0.717) is 51.6 Å². The van der Waals surface area contributed by atoms with E-state index in [1.807, 2.05) is 32.1 Å². The lowest BCUT2D eigenvalue weighted by molar-refractivity contribution is -0.326. The van der Waals surface area contributed by atoms with Gasteiger partial charge < -0.3 is 67.9 Å². The summed E-state index contributed by atoms with van der Waals surface area (Å²) < 4.78 is 49.4. The number of aliphatic hydroxyl groups is 4. The molecule has 0 unspecified atom stereocenters. The van der Waals surface area contributed by atoms with Crippen molar-refractivity contribution in [1.29, 1.82) is 0 Å². The lowest BCUT2D eigenvalue weighted by atomic mass is 9.83. The molecule has 15 nitrogen and oxygen atoms in total. The predicted octanol–water partition coefficient (Wildman–Crippen LogP) is 1.87. The Labute approximate surface area is 323 Å². The number of hydrogen-bond donors (Lipinski definition) is 4. The van der Waals surface area contributed by atoms with Crippen molar-refractivity contribution in [3.05, 3.63) is 24.3 Å². The normalized spacial score (nSPS) is 45.1. The molecule has 5 heterocycles. The minimum absolute atomic E-state index is 0.0630. The van der Waals surface area contributed by atoms with Crippen LogP contribution < -0.4 is 0 Å². The van der Waals surface area contributed by atoms with Crippen LogP contribution in [0.2, 0.25) is 0 Å². The maximum absolute atomic E-state index is 13.1. The van der Waals surface area contributed by atoms with Crippen LogP contribution in [0.3, 0.4) is 0 Å². The molecule has 0 aliphatic carbocycles. The minimum Gasteiger partial charge on any atom is -0.457 e. The number of esters is 1. The van der Waals surface area contributed by atoms with Gasteiger partial charge in [0.1, 0.15) is 43.1 Å². The van der Waals surface area contributed by atoms with Gasteiger partial charge in [-0.05, 0) is 44.4 Å². The number of carbonyl (C=O) groups is 3. The van der Waals surface area contributed by atoms with Crippen molar-refractivity contribution in [3.8, 4) is 0 Å². The summed E-state index contributed by atoms with van der Waals surface area (Å²) in [7, 11) is 1.53. The lowest BCUT2D eigenvalue weighted by Gasteiger charge is -2.46. The summed E-state index contributed by atoms with van der Waals surface area (Å²) in [6.45, 7) is 6.53. The third-order valence-electron chi connectivity index (χ3n) is 11.6. The van der Waals surface area contributed by atoms with E-state index in [-0.39, 0.29) is 49.9 Å². The number of aldehydes is 2. The van der Waals surface area contributed by atoms with Crippen LogP contribution in [-0.4, -0.2) is 151 Å². The number of unbranched alkanes of at least 4 members (excludes halogenated alkanes) is 2. The summed E-state index contributed by atoms with van der Waals surface area (Å²) in [4.78, 5) is 35.0. The highest BCUT2D eigenvalue weighted by molar-refractivity contribution is 5.83. The first-order valence-electron chi connectivity index (χ1n) is 20.0. The van der Waals surface area contributed by atoms with Crippen LogP contribution in [0.25, 0.3) is 0 Å². The van der Waals surface area contributed by atoms with Crippen LogP contribution in [0, 0.1) is 11.8 Å². The minimum atomic E-state index is -2.65. The van der Waals surface area contributed by atoms with Gasteiger partial charge in [-0.3, -0.25) is 0 Å². The van der Waals surface area contributed by atoms with Gasteiger partial charge in [-0.2, -0.15) is 0 Å². The molecule has 55 heavy (non-hydrogen) atoms. The second-order valence-electron chi connectivity index (χ2n) is 15.9. The second kappa shape index (κ2) is 20.5. The van der Waals surface area contributed by atoms with Gasteiger partial charge in [-0.15, -0.1) is 0 Å². The Morgan fingerprint density at radius 2 is 1.45 bits per heavy atom. The van der Waals surface area contributed by atoms with Crippen molar-refractivity contribution in [1.82, 2.24) is 0 Å². The predicted molar refractivity (Wildman–Crippen MR) is 195 cm³/mol. The van der Waals surface area contributed by atoms with Crippen LogP contribution >= 0.6 is 0 Å². The smallest absolute Gasteiger partial charge is 0.344 e. The highest BCUT2D eigenvalue weighted by atomic mass is 16.7. The fraction of sp³-hybridized carbons (Fsp3) is 0.825. The average Bonchev–Trinajstić information content (AvgIpc) is 3.62. The van der Waals surface area contributed by atoms with Crippen LogP contribution in [-0.2, 0) is 52.3 Å². The van der Waals surface area contributed by atoms with Gasteiger partial charge in [0.25, 0.3) is 0 Å².